The Morgan fingerprint density at radius 3 is 2.96 bits per heavy atom. The third-order valence-corrected chi connectivity index (χ3v) is 6.10. The third-order valence-electron chi connectivity index (χ3n) is 6.10. The number of pyridine rings is 1. The standard InChI is InChI=1S/C21H18FN5O/c22-14-4-5-16-15(7-14)19-20(25-16)21(24-11-23-19)26-8-12-6-13(10-26)17-2-1-3-18(28)27(17)9-12/h1-5,7,11-13,25H,6,8-10H2/t12-,13+/m1/s1. The number of piperidine rings is 1. The second kappa shape index (κ2) is 5.64. The van der Waals surface area contributed by atoms with E-state index in [-0.39, 0.29) is 11.4 Å². The van der Waals surface area contributed by atoms with E-state index in [0.29, 0.717) is 11.8 Å². The summed E-state index contributed by atoms with van der Waals surface area (Å²) in [5.74, 6) is 1.28. The van der Waals surface area contributed by atoms with Crippen LogP contribution < -0.4 is 10.5 Å². The highest BCUT2D eigenvalue weighted by atomic mass is 19.1. The lowest BCUT2D eigenvalue weighted by Crippen LogP contribution is -2.47. The van der Waals surface area contributed by atoms with Crippen LogP contribution in [-0.2, 0) is 6.54 Å². The second-order valence-corrected chi connectivity index (χ2v) is 7.84. The van der Waals surface area contributed by atoms with E-state index in [2.05, 4.69) is 25.9 Å². The van der Waals surface area contributed by atoms with Crippen LogP contribution in [0.25, 0.3) is 21.9 Å². The molecule has 0 radical (unpaired) electrons. The fourth-order valence-electron chi connectivity index (χ4n) is 4.96. The monoisotopic (exact) mass is 375 g/mol. The molecule has 28 heavy (non-hydrogen) atoms. The number of benzene rings is 1. The first-order chi connectivity index (χ1) is 13.7. The van der Waals surface area contributed by atoms with Crippen molar-refractivity contribution in [2.45, 2.75) is 18.9 Å². The van der Waals surface area contributed by atoms with E-state index in [1.54, 1.807) is 18.5 Å². The highest BCUT2D eigenvalue weighted by Crippen LogP contribution is 2.38. The average Bonchev–Trinajstić information content (AvgIpc) is 3.07. The van der Waals surface area contributed by atoms with E-state index < -0.39 is 0 Å². The van der Waals surface area contributed by atoms with E-state index in [9.17, 15) is 9.18 Å². The fraction of sp³-hybridized carbons (Fsp3) is 0.286. The topological polar surface area (TPSA) is 66.8 Å². The van der Waals surface area contributed by atoms with Crippen molar-refractivity contribution >= 4 is 27.8 Å². The van der Waals surface area contributed by atoms with Gasteiger partial charge in [0.05, 0.1) is 0 Å². The first kappa shape index (κ1) is 15.8. The summed E-state index contributed by atoms with van der Waals surface area (Å²) in [4.78, 5) is 26.9. The number of nitrogens with zero attached hydrogens (tertiary/aromatic N) is 4. The van der Waals surface area contributed by atoms with Crippen molar-refractivity contribution in [3.8, 4) is 0 Å². The van der Waals surface area contributed by atoms with Crippen molar-refractivity contribution in [3.05, 3.63) is 64.6 Å². The van der Waals surface area contributed by atoms with E-state index in [4.69, 9.17) is 0 Å². The summed E-state index contributed by atoms with van der Waals surface area (Å²) in [7, 11) is 0. The Kier molecular flexibility index (Phi) is 3.18. The minimum atomic E-state index is -0.275. The van der Waals surface area contributed by atoms with Crippen molar-refractivity contribution in [2.24, 2.45) is 5.92 Å². The summed E-state index contributed by atoms with van der Waals surface area (Å²) in [6.07, 6.45) is 2.64. The Labute approximate surface area is 159 Å². The molecule has 0 unspecified atom stereocenters. The SMILES string of the molecule is O=c1cccc2n1C[C@@H]1C[C@H]2CN(c2ncnc3c2[nH]c2ccc(F)cc23)C1. The zero-order chi connectivity index (χ0) is 18.8. The van der Waals surface area contributed by atoms with Gasteiger partial charge in [-0.15, -0.1) is 0 Å². The Morgan fingerprint density at radius 1 is 1.11 bits per heavy atom. The van der Waals surface area contributed by atoms with Gasteiger partial charge in [-0.05, 0) is 36.6 Å². The molecule has 4 aromatic rings. The summed E-state index contributed by atoms with van der Waals surface area (Å²) in [6.45, 7) is 2.39. The number of aromatic nitrogens is 4. The minimum absolute atomic E-state index is 0.0859. The van der Waals surface area contributed by atoms with Gasteiger partial charge in [0, 0.05) is 48.2 Å². The van der Waals surface area contributed by atoms with Crippen LogP contribution in [0.2, 0.25) is 0 Å². The molecule has 6 rings (SSSR count). The Morgan fingerprint density at radius 2 is 2.04 bits per heavy atom. The van der Waals surface area contributed by atoms with Crippen LogP contribution in [0.5, 0.6) is 0 Å². The number of hydrogen-bond donors (Lipinski definition) is 1. The zero-order valence-corrected chi connectivity index (χ0v) is 15.1. The molecule has 2 bridgehead atoms. The molecule has 6 nitrogen and oxygen atoms in total. The van der Waals surface area contributed by atoms with Gasteiger partial charge in [-0.3, -0.25) is 4.79 Å². The van der Waals surface area contributed by atoms with Gasteiger partial charge in [0.15, 0.2) is 5.82 Å². The van der Waals surface area contributed by atoms with E-state index in [0.717, 1.165) is 59.5 Å². The quantitative estimate of drug-likeness (QED) is 0.555. The third kappa shape index (κ3) is 2.22. The summed E-state index contributed by atoms with van der Waals surface area (Å²) in [5, 5.41) is 0.771. The lowest BCUT2D eigenvalue weighted by Gasteiger charge is -2.43. The maximum absolute atomic E-state index is 13.7. The van der Waals surface area contributed by atoms with E-state index >= 15 is 0 Å². The molecular weight excluding hydrogens is 357 g/mol. The van der Waals surface area contributed by atoms with Crippen LogP contribution in [-0.4, -0.2) is 32.6 Å². The molecule has 1 saturated heterocycles. The van der Waals surface area contributed by atoms with Gasteiger partial charge in [-0.25, -0.2) is 14.4 Å². The Hall–Kier alpha value is -3.22. The molecule has 0 spiro atoms. The molecule has 140 valence electrons. The molecule has 0 aliphatic carbocycles. The van der Waals surface area contributed by atoms with Gasteiger partial charge >= 0.3 is 0 Å². The molecule has 0 amide bonds. The van der Waals surface area contributed by atoms with Gasteiger partial charge in [-0.1, -0.05) is 6.07 Å². The van der Waals surface area contributed by atoms with Crippen molar-refractivity contribution in [3.63, 3.8) is 0 Å². The molecule has 5 heterocycles. The maximum atomic E-state index is 13.7. The van der Waals surface area contributed by atoms with Gasteiger partial charge in [0.1, 0.15) is 23.2 Å². The van der Waals surface area contributed by atoms with Gasteiger partial charge in [-0.2, -0.15) is 0 Å². The average molecular weight is 375 g/mol. The molecular formula is C21H18FN5O. The maximum Gasteiger partial charge on any atom is 0.250 e. The fourth-order valence-corrected chi connectivity index (χ4v) is 4.96. The largest absolute Gasteiger partial charge is 0.354 e. The molecule has 7 heteroatoms. The van der Waals surface area contributed by atoms with Crippen LogP contribution >= 0.6 is 0 Å². The number of rotatable bonds is 1. The van der Waals surface area contributed by atoms with Crippen molar-refractivity contribution in [2.75, 3.05) is 18.0 Å². The van der Waals surface area contributed by atoms with Crippen LogP contribution in [0.15, 0.2) is 47.5 Å². The summed E-state index contributed by atoms with van der Waals surface area (Å²) < 4.78 is 15.7. The molecule has 2 aliphatic heterocycles. The molecule has 1 fully saturated rings. The molecule has 2 atom stereocenters. The molecule has 2 aliphatic rings. The first-order valence-electron chi connectivity index (χ1n) is 9.54. The highest BCUT2D eigenvalue weighted by Gasteiger charge is 2.35. The lowest BCUT2D eigenvalue weighted by atomic mass is 9.83. The number of hydrogen-bond acceptors (Lipinski definition) is 4. The first-order valence-corrected chi connectivity index (χ1v) is 9.54. The summed E-state index contributed by atoms with van der Waals surface area (Å²) in [6, 6.07) is 10.3. The van der Waals surface area contributed by atoms with E-state index in [1.807, 2.05) is 10.6 Å². The van der Waals surface area contributed by atoms with Gasteiger partial charge in [0.25, 0.3) is 5.56 Å². The normalized spacial score (nSPS) is 21.2. The van der Waals surface area contributed by atoms with Crippen molar-refractivity contribution < 1.29 is 4.39 Å². The number of fused-ring (bicyclic) bond motifs is 7. The Balaban J connectivity index is 1.47. The van der Waals surface area contributed by atoms with Crippen molar-refractivity contribution in [1.82, 2.24) is 19.5 Å². The molecule has 1 N–H and O–H groups in total. The zero-order valence-electron chi connectivity index (χ0n) is 15.1. The molecule has 1 aromatic carbocycles. The number of halogens is 1. The summed E-state index contributed by atoms with van der Waals surface area (Å²) >= 11 is 0. The smallest absolute Gasteiger partial charge is 0.250 e. The molecule has 0 saturated carbocycles. The highest BCUT2D eigenvalue weighted by molar-refractivity contribution is 6.08. The van der Waals surface area contributed by atoms with Crippen LogP contribution in [0, 0.1) is 11.7 Å². The lowest BCUT2D eigenvalue weighted by molar-refractivity contribution is 0.281. The predicted octanol–water partition coefficient (Wildman–Crippen LogP) is 3.04. The second-order valence-electron chi connectivity index (χ2n) is 7.84. The van der Waals surface area contributed by atoms with Crippen molar-refractivity contribution in [1.29, 1.82) is 0 Å². The van der Waals surface area contributed by atoms with Crippen LogP contribution in [0.1, 0.15) is 18.0 Å². The van der Waals surface area contributed by atoms with Crippen LogP contribution in [0.4, 0.5) is 10.2 Å². The number of H-pyrrole nitrogens is 1. The van der Waals surface area contributed by atoms with Gasteiger partial charge < -0.3 is 14.5 Å². The summed E-state index contributed by atoms with van der Waals surface area (Å²) in [5.41, 5.74) is 3.63. The van der Waals surface area contributed by atoms with E-state index in [1.165, 1.54) is 12.1 Å². The Bertz CT molecular complexity index is 1290. The number of nitrogens with one attached hydrogen (secondary N) is 1. The molecule has 3 aromatic heterocycles. The van der Waals surface area contributed by atoms with Crippen LogP contribution in [0.3, 0.4) is 0 Å². The number of aromatic amines is 1. The van der Waals surface area contributed by atoms with Gasteiger partial charge in [0.2, 0.25) is 0 Å². The number of anilines is 1. The minimum Gasteiger partial charge on any atom is -0.354 e. The predicted molar refractivity (Wildman–Crippen MR) is 105 cm³/mol.